The lowest BCUT2D eigenvalue weighted by Crippen LogP contribution is -2.26. The van der Waals surface area contributed by atoms with Crippen molar-refractivity contribution in [1.82, 2.24) is 15.1 Å². The quantitative estimate of drug-likeness (QED) is 0.345. The number of hydrogen-bond donors (Lipinski definition) is 2. The molecule has 1 aromatic heterocycles. The van der Waals surface area contributed by atoms with Gasteiger partial charge < -0.3 is 10.6 Å². The van der Waals surface area contributed by atoms with E-state index in [0.29, 0.717) is 15.9 Å². The minimum absolute atomic E-state index is 0.102. The number of nitrogens with zero attached hydrogens (tertiary/aromatic N) is 2. The molecule has 0 spiro atoms. The van der Waals surface area contributed by atoms with Crippen LogP contribution in [0.2, 0.25) is 0 Å². The first-order valence-corrected chi connectivity index (χ1v) is 10.8. The van der Waals surface area contributed by atoms with Crippen molar-refractivity contribution in [2.75, 3.05) is 5.32 Å². The minimum atomic E-state index is -4.82. The van der Waals surface area contributed by atoms with Crippen LogP contribution >= 0.6 is 0 Å². The van der Waals surface area contributed by atoms with Crippen molar-refractivity contribution in [3.8, 4) is 5.69 Å². The molecule has 2 amide bonds. The highest BCUT2D eigenvalue weighted by atomic mass is 19.4. The average Bonchev–Trinajstić information content (AvgIpc) is 3.29. The van der Waals surface area contributed by atoms with Crippen LogP contribution < -0.4 is 10.6 Å². The van der Waals surface area contributed by atoms with Crippen molar-refractivity contribution in [2.24, 2.45) is 0 Å². The molecule has 4 aromatic rings. The number of halogens is 4. The first kappa shape index (κ1) is 24.6. The van der Waals surface area contributed by atoms with Crippen LogP contribution in [0.15, 0.2) is 79.0 Å². The van der Waals surface area contributed by atoms with Gasteiger partial charge in [-0.2, -0.15) is 18.3 Å². The van der Waals surface area contributed by atoms with E-state index in [2.05, 4.69) is 15.7 Å². The summed E-state index contributed by atoms with van der Waals surface area (Å²) in [5.41, 5.74) is 0.275. The van der Waals surface area contributed by atoms with Gasteiger partial charge in [0.25, 0.3) is 11.8 Å². The van der Waals surface area contributed by atoms with Gasteiger partial charge in [-0.15, -0.1) is 0 Å². The van der Waals surface area contributed by atoms with Crippen LogP contribution in [0.1, 0.15) is 37.5 Å². The van der Waals surface area contributed by atoms with Gasteiger partial charge in [-0.05, 0) is 55.0 Å². The predicted molar refractivity (Wildman–Crippen MR) is 125 cm³/mol. The summed E-state index contributed by atoms with van der Waals surface area (Å²) in [6.07, 6.45) is -3.94. The Morgan fingerprint density at radius 1 is 0.944 bits per heavy atom. The smallest absolute Gasteiger partial charge is 0.348 e. The van der Waals surface area contributed by atoms with Crippen molar-refractivity contribution in [1.29, 1.82) is 0 Å². The molecule has 6 nitrogen and oxygen atoms in total. The molecule has 0 fully saturated rings. The second-order valence-electron chi connectivity index (χ2n) is 8.00. The minimum Gasteiger partial charge on any atom is -0.348 e. The van der Waals surface area contributed by atoms with Crippen molar-refractivity contribution in [3.63, 3.8) is 0 Å². The lowest BCUT2D eigenvalue weighted by molar-refractivity contribution is -0.143. The number of carbonyl (C=O) groups is 2. The largest absolute Gasteiger partial charge is 0.434 e. The molecule has 184 valence electrons. The fraction of sp³-hybridized carbons (Fsp3) is 0.115. The van der Waals surface area contributed by atoms with Gasteiger partial charge >= 0.3 is 6.18 Å². The second kappa shape index (κ2) is 10.0. The van der Waals surface area contributed by atoms with E-state index in [1.54, 1.807) is 43.3 Å². The predicted octanol–water partition coefficient (Wildman–Crippen LogP) is 5.52. The molecule has 0 aliphatic carbocycles. The number of aromatic nitrogens is 2. The van der Waals surface area contributed by atoms with Gasteiger partial charge in [0, 0.05) is 17.8 Å². The number of anilines is 1. The molecule has 0 saturated heterocycles. The molecule has 36 heavy (non-hydrogen) atoms. The zero-order valence-corrected chi connectivity index (χ0v) is 18.9. The van der Waals surface area contributed by atoms with Crippen LogP contribution in [0.5, 0.6) is 0 Å². The number of rotatable bonds is 6. The maximum Gasteiger partial charge on any atom is 0.434 e. The lowest BCUT2D eigenvalue weighted by Gasteiger charge is -2.13. The third kappa shape index (κ3) is 5.60. The van der Waals surface area contributed by atoms with Gasteiger partial charge in [-0.25, -0.2) is 9.07 Å². The van der Waals surface area contributed by atoms with E-state index in [9.17, 15) is 27.2 Å². The number of hydrogen-bond acceptors (Lipinski definition) is 3. The van der Waals surface area contributed by atoms with E-state index in [1.807, 2.05) is 0 Å². The lowest BCUT2D eigenvalue weighted by atomic mass is 10.1. The number of aryl methyl sites for hydroxylation is 1. The fourth-order valence-electron chi connectivity index (χ4n) is 3.54. The Hall–Kier alpha value is -4.47. The number of carbonyl (C=O) groups excluding carboxylic acids is 2. The van der Waals surface area contributed by atoms with E-state index < -0.39 is 35.1 Å². The Morgan fingerprint density at radius 2 is 1.67 bits per heavy atom. The highest BCUT2D eigenvalue weighted by Crippen LogP contribution is 2.33. The maximum absolute atomic E-state index is 13.9. The third-order valence-corrected chi connectivity index (χ3v) is 5.29. The van der Waals surface area contributed by atoms with Crippen molar-refractivity contribution >= 4 is 17.5 Å². The molecule has 2 N–H and O–H groups in total. The van der Waals surface area contributed by atoms with Crippen LogP contribution in [0.4, 0.5) is 23.2 Å². The number of benzene rings is 3. The molecule has 0 aliphatic rings. The van der Waals surface area contributed by atoms with E-state index in [4.69, 9.17) is 0 Å². The molecule has 10 heteroatoms. The van der Waals surface area contributed by atoms with Crippen LogP contribution in [-0.2, 0) is 12.7 Å². The normalized spacial score (nSPS) is 11.2. The highest BCUT2D eigenvalue weighted by molar-refractivity contribution is 6.04. The Morgan fingerprint density at radius 3 is 2.36 bits per heavy atom. The SMILES string of the molecule is Cc1ccc(-n2ncc(C(=O)NCc3cccc(NC(=O)c4cccc(F)c4)c3)c2C(F)(F)F)cc1. The molecule has 4 rings (SSSR count). The molecule has 1 heterocycles. The number of alkyl halides is 3. The van der Waals surface area contributed by atoms with E-state index in [-0.39, 0.29) is 17.8 Å². The summed E-state index contributed by atoms with van der Waals surface area (Å²) in [6.45, 7) is 1.70. The molecule has 0 aliphatic heterocycles. The van der Waals surface area contributed by atoms with Crippen molar-refractivity contribution in [3.05, 3.63) is 113 Å². The van der Waals surface area contributed by atoms with Crippen molar-refractivity contribution in [2.45, 2.75) is 19.6 Å². The standard InChI is InChI=1S/C26H20F4N4O2/c1-16-8-10-21(11-9-16)34-23(26(28,29)30)22(15-32-34)25(36)31-14-17-4-2-7-20(12-17)33-24(35)18-5-3-6-19(27)13-18/h2-13,15H,14H2,1H3,(H,31,36)(H,33,35). The summed E-state index contributed by atoms with van der Waals surface area (Å²) in [5, 5.41) is 8.89. The van der Waals surface area contributed by atoms with Gasteiger partial charge in [0.15, 0.2) is 5.69 Å². The summed E-state index contributed by atoms with van der Waals surface area (Å²) in [5.74, 6) is -2.04. The zero-order valence-electron chi connectivity index (χ0n) is 18.9. The van der Waals surface area contributed by atoms with Crippen molar-refractivity contribution < 1.29 is 27.2 Å². The van der Waals surface area contributed by atoms with Gasteiger partial charge in [-0.1, -0.05) is 35.9 Å². The van der Waals surface area contributed by atoms with E-state index in [1.165, 1.54) is 30.3 Å². The topological polar surface area (TPSA) is 76.0 Å². The van der Waals surface area contributed by atoms with E-state index in [0.717, 1.165) is 17.8 Å². The Labute approximate surface area is 203 Å². The third-order valence-electron chi connectivity index (χ3n) is 5.29. The van der Waals surface area contributed by atoms with Gasteiger partial charge in [0.05, 0.1) is 17.4 Å². The molecule has 0 bridgehead atoms. The summed E-state index contributed by atoms with van der Waals surface area (Å²) in [7, 11) is 0. The first-order chi connectivity index (χ1) is 17.1. The summed E-state index contributed by atoms with van der Waals surface area (Å²) < 4.78 is 55.7. The monoisotopic (exact) mass is 496 g/mol. The maximum atomic E-state index is 13.9. The van der Waals surface area contributed by atoms with E-state index >= 15 is 0 Å². The summed E-state index contributed by atoms with van der Waals surface area (Å²) in [6, 6.07) is 17.8. The first-order valence-electron chi connectivity index (χ1n) is 10.8. The molecule has 0 unspecified atom stereocenters. The molecule has 0 radical (unpaired) electrons. The van der Waals surface area contributed by atoms with Crippen LogP contribution in [-0.4, -0.2) is 21.6 Å². The number of amides is 2. The summed E-state index contributed by atoms with van der Waals surface area (Å²) in [4.78, 5) is 25.0. The van der Waals surface area contributed by atoms with Gasteiger partial charge in [0.1, 0.15) is 5.82 Å². The van der Waals surface area contributed by atoms with Gasteiger partial charge in [-0.3, -0.25) is 9.59 Å². The Kier molecular flexibility index (Phi) is 6.86. The molecule has 0 atom stereocenters. The van der Waals surface area contributed by atoms with Crippen LogP contribution in [0, 0.1) is 12.7 Å². The zero-order chi connectivity index (χ0) is 25.9. The Balaban J connectivity index is 1.49. The molecule has 3 aromatic carbocycles. The average molecular weight is 496 g/mol. The number of nitrogens with one attached hydrogen (secondary N) is 2. The molecular weight excluding hydrogens is 476 g/mol. The van der Waals surface area contributed by atoms with Crippen LogP contribution in [0.3, 0.4) is 0 Å². The molecule has 0 saturated carbocycles. The van der Waals surface area contributed by atoms with Crippen LogP contribution in [0.25, 0.3) is 5.69 Å². The fourth-order valence-corrected chi connectivity index (χ4v) is 3.54. The highest BCUT2D eigenvalue weighted by Gasteiger charge is 2.40. The Bertz CT molecular complexity index is 1410. The second-order valence-corrected chi connectivity index (χ2v) is 8.00. The van der Waals surface area contributed by atoms with Gasteiger partial charge in [0.2, 0.25) is 0 Å². The molecular formula is C26H20F4N4O2. The summed E-state index contributed by atoms with van der Waals surface area (Å²) >= 11 is 0.